The van der Waals surface area contributed by atoms with Crippen molar-refractivity contribution in [2.45, 2.75) is 0 Å². The number of fused-ring (bicyclic) bond motifs is 1. The second kappa shape index (κ2) is 5.96. The number of aromatic nitrogens is 2. The summed E-state index contributed by atoms with van der Waals surface area (Å²) in [6.45, 7) is 0. The largest absolute Gasteiger partial charge is 0.422 e. The van der Waals surface area contributed by atoms with Crippen LogP contribution < -0.4 is 16.0 Å². The Hall–Kier alpha value is -3.48. The van der Waals surface area contributed by atoms with Crippen molar-refractivity contribution in [1.29, 1.82) is 0 Å². The minimum absolute atomic E-state index is 0.0340. The van der Waals surface area contributed by atoms with Gasteiger partial charge in [0.25, 0.3) is 5.56 Å². The van der Waals surface area contributed by atoms with Crippen LogP contribution in [0, 0.1) is 0 Å². The number of carbonyl (C=O) groups excluding carboxylic acids is 2. The fourth-order valence-corrected chi connectivity index (χ4v) is 2.29. The molecule has 0 aliphatic rings. The summed E-state index contributed by atoms with van der Waals surface area (Å²) in [4.78, 5) is 35.5. The van der Waals surface area contributed by atoms with E-state index in [1.165, 1.54) is 31.3 Å². The summed E-state index contributed by atoms with van der Waals surface area (Å²) in [5, 5.41) is 4.79. The minimum atomic E-state index is -0.700. The molecule has 1 amide bonds. The average Bonchev–Trinajstić information content (AvgIpc) is 2.58. The number of nitrogens with two attached hydrogens (primary N) is 1. The normalized spacial score (nSPS) is 10.5. The fraction of sp³-hybridized carbons (Fsp3) is 0.0588. The van der Waals surface area contributed by atoms with Crippen molar-refractivity contribution in [3.63, 3.8) is 0 Å². The van der Waals surface area contributed by atoms with Crippen LogP contribution in [0.15, 0.2) is 53.3 Å². The lowest BCUT2D eigenvalue weighted by Crippen LogP contribution is -2.24. The van der Waals surface area contributed by atoms with Gasteiger partial charge in [0.2, 0.25) is 5.91 Å². The Kier molecular flexibility index (Phi) is 3.83. The molecule has 0 fully saturated rings. The Bertz CT molecular complexity index is 1010. The third kappa shape index (κ3) is 2.74. The van der Waals surface area contributed by atoms with Gasteiger partial charge in [-0.15, -0.1) is 0 Å². The monoisotopic (exact) mass is 323 g/mol. The van der Waals surface area contributed by atoms with Gasteiger partial charge in [-0.25, -0.2) is 9.48 Å². The summed E-state index contributed by atoms with van der Waals surface area (Å²) in [5.74, 6) is -1.03. The first kappa shape index (κ1) is 15.4. The average molecular weight is 323 g/mol. The summed E-state index contributed by atoms with van der Waals surface area (Å²) < 4.78 is 6.36. The minimum Gasteiger partial charge on any atom is -0.422 e. The van der Waals surface area contributed by atoms with E-state index in [9.17, 15) is 14.4 Å². The van der Waals surface area contributed by atoms with Crippen molar-refractivity contribution < 1.29 is 14.3 Å². The van der Waals surface area contributed by atoms with E-state index >= 15 is 0 Å². The van der Waals surface area contributed by atoms with E-state index < -0.39 is 11.9 Å². The summed E-state index contributed by atoms with van der Waals surface area (Å²) >= 11 is 0. The van der Waals surface area contributed by atoms with Gasteiger partial charge in [0.15, 0.2) is 5.69 Å². The third-order valence-electron chi connectivity index (χ3n) is 3.50. The van der Waals surface area contributed by atoms with Gasteiger partial charge in [-0.1, -0.05) is 18.2 Å². The van der Waals surface area contributed by atoms with Gasteiger partial charge in [-0.05, 0) is 30.3 Å². The smallest absolute Gasteiger partial charge is 0.364 e. The molecular weight excluding hydrogens is 310 g/mol. The van der Waals surface area contributed by atoms with Crippen LogP contribution in [0.1, 0.15) is 20.8 Å². The van der Waals surface area contributed by atoms with E-state index in [1.54, 1.807) is 24.3 Å². The molecule has 0 saturated carbocycles. The maximum atomic E-state index is 12.4. The van der Waals surface area contributed by atoms with Crippen LogP contribution in [-0.2, 0) is 7.05 Å². The number of rotatable bonds is 3. The van der Waals surface area contributed by atoms with E-state index in [0.29, 0.717) is 16.3 Å². The van der Waals surface area contributed by atoms with Gasteiger partial charge in [0.1, 0.15) is 5.75 Å². The molecule has 0 spiro atoms. The van der Waals surface area contributed by atoms with E-state index in [2.05, 4.69) is 5.10 Å². The summed E-state index contributed by atoms with van der Waals surface area (Å²) in [5.41, 5.74) is 5.20. The zero-order chi connectivity index (χ0) is 17.3. The van der Waals surface area contributed by atoms with Crippen molar-refractivity contribution in [3.8, 4) is 5.75 Å². The van der Waals surface area contributed by atoms with Crippen molar-refractivity contribution >= 4 is 22.6 Å². The van der Waals surface area contributed by atoms with Gasteiger partial charge in [0.05, 0.1) is 5.39 Å². The number of hydrogen-bond acceptors (Lipinski definition) is 5. The Morgan fingerprint density at radius 1 is 1.04 bits per heavy atom. The number of primary amides is 1. The lowest BCUT2D eigenvalue weighted by Gasteiger charge is -2.08. The highest BCUT2D eigenvalue weighted by Crippen LogP contribution is 2.17. The maximum Gasteiger partial charge on any atom is 0.364 e. The predicted octanol–water partition coefficient (Wildman–Crippen LogP) is 1.25. The highest BCUT2D eigenvalue weighted by atomic mass is 16.5. The number of carbonyl (C=O) groups is 2. The maximum absolute atomic E-state index is 12.4. The Morgan fingerprint density at radius 3 is 2.29 bits per heavy atom. The third-order valence-corrected chi connectivity index (χ3v) is 3.50. The quantitative estimate of drug-likeness (QED) is 0.577. The molecule has 0 atom stereocenters. The van der Waals surface area contributed by atoms with Crippen molar-refractivity contribution in [1.82, 2.24) is 9.78 Å². The number of ether oxygens (including phenoxy) is 1. The molecule has 1 heterocycles. The van der Waals surface area contributed by atoms with Crippen molar-refractivity contribution in [2.75, 3.05) is 0 Å². The lowest BCUT2D eigenvalue weighted by molar-refractivity contribution is 0.0728. The van der Waals surface area contributed by atoms with Gasteiger partial charge < -0.3 is 10.5 Å². The number of benzene rings is 2. The van der Waals surface area contributed by atoms with Gasteiger partial charge in [0, 0.05) is 18.0 Å². The van der Waals surface area contributed by atoms with Crippen LogP contribution >= 0.6 is 0 Å². The Morgan fingerprint density at radius 2 is 1.67 bits per heavy atom. The molecular formula is C17H13N3O4. The molecule has 2 aromatic carbocycles. The van der Waals surface area contributed by atoms with E-state index in [4.69, 9.17) is 10.5 Å². The first-order valence-corrected chi connectivity index (χ1v) is 7.05. The summed E-state index contributed by atoms with van der Waals surface area (Å²) in [7, 11) is 1.47. The van der Waals surface area contributed by atoms with E-state index in [-0.39, 0.29) is 17.0 Å². The topological polar surface area (TPSA) is 104 Å². The molecule has 0 aliphatic heterocycles. The summed E-state index contributed by atoms with van der Waals surface area (Å²) in [6, 6.07) is 12.5. The predicted molar refractivity (Wildman–Crippen MR) is 86.9 cm³/mol. The van der Waals surface area contributed by atoms with Crippen LogP contribution in [0.5, 0.6) is 5.75 Å². The molecule has 120 valence electrons. The molecule has 0 radical (unpaired) electrons. The molecule has 3 rings (SSSR count). The molecule has 1 aromatic heterocycles. The second-order valence-electron chi connectivity index (χ2n) is 5.10. The number of nitrogens with zero attached hydrogens (tertiary/aromatic N) is 2. The Balaban J connectivity index is 1.98. The number of hydrogen-bond donors (Lipinski definition) is 1. The van der Waals surface area contributed by atoms with Crippen LogP contribution in [0.2, 0.25) is 0 Å². The highest BCUT2D eigenvalue weighted by molar-refractivity contribution is 6.03. The van der Waals surface area contributed by atoms with Gasteiger partial charge in [-0.3, -0.25) is 9.59 Å². The number of aryl methyl sites for hydroxylation is 1. The van der Waals surface area contributed by atoms with Crippen LogP contribution in [0.3, 0.4) is 0 Å². The molecule has 0 unspecified atom stereocenters. The van der Waals surface area contributed by atoms with Gasteiger partial charge in [-0.2, -0.15) is 5.10 Å². The van der Waals surface area contributed by atoms with Crippen molar-refractivity contribution in [3.05, 3.63) is 70.1 Å². The molecule has 7 heteroatoms. The standard InChI is InChI=1S/C17H13N3O4/c1-20-16(22)13-5-3-2-4-12(13)14(19-20)17(23)24-11-8-6-10(7-9-11)15(18)21/h2-9H,1H3,(H2,18,21). The molecule has 0 bridgehead atoms. The van der Waals surface area contributed by atoms with Crippen LogP contribution in [-0.4, -0.2) is 21.7 Å². The van der Waals surface area contributed by atoms with Gasteiger partial charge >= 0.3 is 5.97 Å². The zero-order valence-electron chi connectivity index (χ0n) is 12.7. The lowest BCUT2D eigenvalue weighted by atomic mass is 10.1. The van der Waals surface area contributed by atoms with E-state index in [0.717, 1.165) is 4.68 Å². The van der Waals surface area contributed by atoms with Crippen molar-refractivity contribution in [2.24, 2.45) is 12.8 Å². The molecule has 0 aliphatic carbocycles. The first-order valence-electron chi connectivity index (χ1n) is 7.05. The fourth-order valence-electron chi connectivity index (χ4n) is 2.29. The molecule has 3 aromatic rings. The number of amides is 1. The van der Waals surface area contributed by atoms with E-state index in [1.807, 2.05) is 0 Å². The van der Waals surface area contributed by atoms with Crippen LogP contribution in [0.25, 0.3) is 10.8 Å². The first-order chi connectivity index (χ1) is 11.5. The molecule has 24 heavy (non-hydrogen) atoms. The second-order valence-corrected chi connectivity index (χ2v) is 5.10. The zero-order valence-corrected chi connectivity index (χ0v) is 12.7. The molecule has 2 N–H and O–H groups in total. The molecule has 7 nitrogen and oxygen atoms in total. The SMILES string of the molecule is Cn1nc(C(=O)Oc2ccc(C(N)=O)cc2)c2ccccc2c1=O. The summed E-state index contributed by atoms with van der Waals surface area (Å²) in [6.07, 6.45) is 0. The molecule has 0 saturated heterocycles. The Labute approximate surface area is 136 Å². The number of esters is 1. The van der Waals surface area contributed by atoms with Crippen LogP contribution in [0.4, 0.5) is 0 Å². The highest BCUT2D eigenvalue weighted by Gasteiger charge is 2.17.